The number of hydrogen-bond donors (Lipinski definition) is 2. The zero-order valence-corrected chi connectivity index (χ0v) is 19.8. The first kappa shape index (κ1) is 26.7. The van der Waals surface area contributed by atoms with E-state index in [1.807, 2.05) is 0 Å². The second kappa shape index (κ2) is 10.2. The maximum absolute atomic E-state index is 13.6. The van der Waals surface area contributed by atoms with Crippen LogP contribution >= 0.6 is 0 Å². The minimum Gasteiger partial charge on any atom is -0.317 e. The van der Waals surface area contributed by atoms with Crippen molar-refractivity contribution in [2.45, 2.75) is 51.2 Å². The van der Waals surface area contributed by atoms with E-state index in [1.165, 1.54) is 16.6 Å². The number of carbonyl (C=O) groups is 2. The number of urea groups is 1. The maximum atomic E-state index is 13.6. The van der Waals surface area contributed by atoms with E-state index in [-0.39, 0.29) is 37.4 Å². The first-order chi connectivity index (χ1) is 17.3. The van der Waals surface area contributed by atoms with Crippen LogP contribution in [-0.4, -0.2) is 70.4 Å². The molecule has 2 atom stereocenters. The predicted molar refractivity (Wildman–Crippen MR) is 117 cm³/mol. The smallest absolute Gasteiger partial charge is 0.317 e. The first-order valence-electron chi connectivity index (χ1n) is 11.3. The lowest BCUT2D eigenvalue weighted by molar-refractivity contribution is -0.146. The molecule has 15 heteroatoms. The Kier molecular flexibility index (Phi) is 7.37. The fourth-order valence-corrected chi connectivity index (χ4v) is 4.36. The Balaban J connectivity index is 1.55. The molecule has 1 aromatic heterocycles. The number of rotatable bonds is 5. The van der Waals surface area contributed by atoms with Gasteiger partial charge in [0.05, 0.1) is 30.9 Å². The zero-order valence-electron chi connectivity index (χ0n) is 19.8. The van der Waals surface area contributed by atoms with E-state index in [0.717, 1.165) is 11.1 Å². The molecule has 0 saturated heterocycles. The highest BCUT2D eigenvalue weighted by molar-refractivity contribution is 5.94. The van der Waals surface area contributed by atoms with Gasteiger partial charge < -0.3 is 15.5 Å². The summed E-state index contributed by atoms with van der Waals surface area (Å²) in [5.41, 5.74) is -0.568. The van der Waals surface area contributed by atoms with Crippen LogP contribution in [0.5, 0.6) is 0 Å². The van der Waals surface area contributed by atoms with E-state index in [1.54, 1.807) is 6.92 Å². The number of nitrogens with zero attached hydrogens (tertiary/aromatic N) is 4. The minimum atomic E-state index is -4.94. The molecular formula is C22H24F6N6O3. The number of carbonyl (C=O) groups excluding carboxylic acids is 2. The average molecular weight is 534 g/mol. The second-order valence-corrected chi connectivity index (χ2v) is 8.84. The molecule has 0 aliphatic carbocycles. The summed E-state index contributed by atoms with van der Waals surface area (Å²) in [6.45, 7) is 1.23. The van der Waals surface area contributed by atoms with Crippen LogP contribution in [0.25, 0.3) is 0 Å². The van der Waals surface area contributed by atoms with E-state index < -0.39 is 54.6 Å². The standard InChI is InChI=1S/C22H24F6N6O3/c1-11-5-17-14(10-33(11)21(36)30-12-3-4-16(23)15(6-12)22(26,27)28)19-20(35)32(2)37-13(9-34(19)31-17)7-29-8-18(24)25/h3-4,6,11,13,18,29H,5,7-10H2,1-2H3,(H,30,36)/t11-,13-/m1/s1. The third-order valence-corrected chi connectivity index (χ3v) is 6.11. The molecule has 4 rings (SSSR count). The largest absolute Gasteiger partial charge is 0.419 e. The molecule has 0 saturated carbocycles. The van der Waals surface area contributed by atoms with Crippen molar-refractivity contribution in [2.24, 2.45) is 0 Å². The fraction of sp³-hybridized carbons (Fsp3) is 0.500. The number of anilines is 1. The quantitative estimate of drug-likeness (QED) is 0.575. The van der Waals surface area contributed by atoms with Crippen molar-refractivity contribution in [1.82, 2.24) is 25.1 Å². The SMILES string of the molecule is C[C@@H]1Cc2nn3c(c2CN1C(=O)Nc1ccc(F)c(C(F)(F)F)c1)C(=O)N(C)O[C@H](CNCC(F)F)C3. The second-order valence-electron chi connectivity index (χ2n) is 8.84. The summed E-state index contributed by atoms with van der Waals surface area (Å²) in [6.07, 6.45) is -7.90. The van der Waals surface area contributed by atoms with E-state index in [2.05, 4.69) is 15.7 Å². The monoisotopic (exact) mass is 534 g/mol. The highest BCUT2D eigenvalue weighted by Gasteiger charge is 2.38. The number of hydroxylamine groups is 2. The van der Waals surface area contributed by atoms with Crippen LogP contribution < -0.4 is 10.6 Å². The summed E-state index contributed by atoms with van der Waals surface area (Å²) in [5, 5.41) is 10.4. The number of alkyl halides is 5. The molecule has 0 spiro atoms. The van der Waals surface area contributed by atoms with Gasteiger partial charge in [0.1, 0.15) is 17.6 Å². The number of aromatic nitrogens is 2. The lowest BCUT2D eigenvalue weighted by Gasteiger charge is -2.33. The zero-order chi connectivity index (χ0) is 27.1. The summed E-state index contributed by atoms with van der Waals surface area (Å²) in [6, 6.07) is 0.984. The number of halogens is 6. The Labute approximate surface area is 207 Å². The van der Waals surface area contributed by atoms with Crippen molar-refractivity contribution in [3.63, 3.8) is 0 Å². The lowest BCUT2D eigenvalue weighted by Crippen LogP contribution is -2.45. The highest BCUT2D eigenvalue weighted by Crippen LogP contribution is 2.34. The molecule has 0 bridgehead atoms. The van der Waals surface area contributed by atoms with Crippen molar-refractivity contribution in [2.75, 3.05) is 25.5 Å². The first-order valence-corrected chi connectivity index (χ1v) is 11.3. The van der Waals surface area contributed by atoms with Crippen LogP contribution in [0, 0.1) is 5.82 Å². The van der Waals surface area contributed by atoms with E-state index in [4.69, 9.17) is 4.84 Å². The van der Waals surface area contributed by atoms with Gasteiger partial charge in [0.15, 0.2) is 0 Å². The Bertz CT molecular complexity index is 1190. The number of benzene rings is 1. The van der Waals surface area contributed by atoms with E-state index in [0.29, 0.717) is 23.4 Å². The minimum absolute atomic E-state index is 0.0362. The summed E-state index contributed by atoms with van der Waals surface area (Å²) in [7, 11) is 1.38. The molecule has 2 N–H and O–H groups in total. The van der Waals surface area contributed by atoms with Gasteiger partial charge in [0.2, 0.25) is 0 Å². The molecule has 2 aliphatic heterocycles. The van der Waals surface area contributed by atoms with Crippen molar-refractivity contribution in [3.8, 4) is 0 Å². The Morgan fingerprint density at radius 1 is 1.30 bits per heavy atom. The molecular weight excluding hydrogens is 510 g/mol. The summed E-state index contributed by atoms with van der Waals surface area (Å²) in [4.78, 5) is 32.9. The van der Waals surface area contributed by atoms with Crippen LogP contribution in [0.3, 0.4) is 0 Å². The van der Waals surface area contributed by atoms with E-state index >= 15 is 0 Å². The lowest BCUT2D eigenvalue weighted by atomic mass is 9.99. The van der Waals surface area contributed by atoms with Gasteiger partial charge in [-0.05, 0) is 25.1 Å². The van der Waals surface area contributed by atoms with Crippen molar-refractivity contribution >= 4 is 17.6 Å². The van der Waals surface area contributed by atoms with Crippen LogP contribution in [0.15, 0.2) is 18.2 Å². The summed E-state index contributed by atoms with van der Waals surface area (Å²) in [5.74, 6) is -2.01. The Morgan fingerprint density at radius 3 is 2.70 bits per heavy atom. The molecule has 9 nitrogen and oxygen atoms in total. The van der Waals surface area contributed by atoms with Gasteiger partial charge >= 0.3 is 12.2 Å². The van der Waals surface area contributed by atoms with Crippen LogP contribution in [-0.2, 0) is 30.5 Å². The molecule has 0 radical (unpaired) electrons. The third-order valence-electron chi connectivity index (χ3n) is 6.11. The van der Waals surface area contributed by atoms with Gasteiger partial charge in [0.25, 0.3) is 12.3 Å². The van der Waals surface area contributed by atoms with Gasteiger partial charge in [-0.1, -0.05) is 0 Å². The molecule has 202 valence electrons. The van der Waals surface area contributed by atoms with Gasteiger partial charge in [-0.25, -0.2) is 23.0 Å². The van der Waals surface area contributed by atoms with Crippen LogP contribution in [0.2, 0.25) is 0 Å². The molecule has 2 aromatic rings. The molecule has 0 fully saturated rings. The number of nitrogens with one attached hydrogen (secondary N) is 2. The van der Waals surface area contributed by atoms with Gasteiger partial charge in [-0.3, -0.25) is 14.3 Å². The molecule has 3 heterocycles. The Morgan fingerprint density at radius 2 is 2.03 bits per heavy atom. The van der Waals surface area contributed by atoms with Crippen LogP contribution in [0.4, 0.5) is 36.8 Å². The van der Waals surface area contributed by atoms with E-state index in [9.17, 15) is 35.9 Å². The molecule has 1 aromatic carbocycles. The highest BCUT2D eigenvalue weighted by atomic mass is 19.4. The molecule has 2 aliphatic rings. The molecule has 37 heavy (non-hydrogen) atoms. The van der Waals surface area contributed by atoms with Crippen molar-refractivity contribution in [3.05, 3.63) is 46.5 Å². The van der Waals surface area contributed by atoms with Crippen molar-refractivity contribution in [1.29, 1.82) is 0 Å². The number of hydrogen-bond acceptors (Lipinski definition) is 5. The predicted octanol–water partition coefficient (Wildman–Crippen LogP) is 3.26. The summed E-state index contributed by atoms with van der Waals surface area (Å²) >= 11 is 0. The molecule has 3 amide bonds. The summed E-state index contributed by atoms with van der Waals surface area (Å²) < 4.78 is 79.1. The third kappa shape index (κ3) is 5.66. The van der Waals surface area contributed by atoms with Crippen molar-refractivity contribution < 1.29 is 40.8 Å². The maximum Gasteiger partial charge on any atom is 0.419 e. The average Bonchev–Trinajstić information content (AvgIpc) is 3.08. The molecule has 0 unspecified atom stereocenters. The number of amides is 3. The van der Waals surface area contributed by atoms with Crippen LogP contribution in [0.1, 0.15) is 34.2 Å². The van der Waals surface area contributed by atoms with Gasteiger partial charge in [-0.2, -0.15) is 18.3 Å². The topological polar surface area (TPSA) is 91.7 Å². The Hall–Kier alpha value is -3.33. The van der Waals surface area contributed by atoms with Gasteiger partial charge in [0, 0.05) is 37.3 Å². The fourth-order valence-electron chi connectivity index (χ4n) is 4.36. The number of fused-ring (bicyclic) bond motifs is 3. The van der Waals surface area contributed by atoms with Gasteiger partial charge in [-0.15, -0.1) is 0 Å². The normalized spacial score (nSPS) is 20.1.